The number of hydrogen-bond donors (Lipinski definition) is 1. The van der Waals surface area contributed by atoms with Gasteiger partial charge in [0, 0.05) is 16.8 Å². The number of rotatable bonds is 7. The van der Waals surface area contributed by atoms with Gasteiger partial charge in [0.2, 0.25) is 0 Å². The van der Waals surface area contributed by atoms with Gasteiger partial charge < -0.3 is 19.5 Å². The zero-order valence-corrected chi connectivity index (χ0v) is 18.7. The number of methoxy groups -OCH3 is 1. The Labute approximate surface area is 198 Å². The molecule has 1 aliphatic rings. The predicted molar refractivity (Wildman–Crippen MR) is 123 cm³/mol. The van der Waals surface area contributed by atoms with E-state index in [1.807, 2.05) is 6.07 Å². The third-order valence-electron chi connectivity index (χ3n) is 5.06. The van der Waals surface area contributed by atoms with Gasteiger partial charge in [-0.3, -0.25) is 4.79 Å². The first kappa shape index (κ1) is 23.5. The minimum atomic E-state index is -4.49. The lowest BCUT2D eigenvalue weighted by Crippen LogP contribution is -2.09. The van der Waals surface area contributed by atoms with Crippen LogP contribution in [0.25, 0.3) is 11.6 Å². The highest BCUT2D eigenvalue weighted by Gasteiger charge is 2.33. The molecule has 34 heavy (non-hydrogen) atoms. The number of carbonyl (C=O) groups excluding carboxylic acids is 1. The van der Waals surface area contributed by atoms with Crippen molar-refractivity contribution in [1.29, 1.82) is 0 Å². The zero-order valence-electron chi connectivity index (χ0n) is 17.9. The molecule has 3 aromatic rings. The number of anilines is 1. The number of alkyl halides is 3. The summed E-state index contributed by atoms with van der Waals surface area (Å²) >= 11 is 6.05. The maximum absolute atomic E-state index is 13.0. The molecule has 0 bridgehead atoms. The molecule has 1 aliphatic heterocycles. The lowest BCUT2D eigenvalue weighted by Gasteiger charge is -2.12. The van der Waals surface area contributed by atoms with Crippen LogP contribution in [0, 0.1) is 0 Å². The molecule has 0 aromatic heterocycles. The molecule has 0 fully saturated rings. The summed E-state index contributed by atoms with van der Waals surface area (Å²) in [6.45, 7) is 0.495. The molecular weight excluding hydrogens is 471 g/mol. The maximum atomic E-state index is 13.0. The minimum absolute atomic E-state index is 0.122. The molecule has 3 aromatic carbocycles. The van der Waals surface area contributed by atoms with E-state index in [0.29, 0.717) is 33.4 Å². The number of amides is 1. The standard InChI is InChI=1S/C25H19ClF3NO4/c1-32-23-13-15(6-9-22(23)34-11-10-33-21-5-3-2-4-19(21)26)12-18-17-8-7-16(25(27,28)29)14-20(17)30-24(18)31/h2-9,12-14H,10-11H2,1H3,(H,30,31)/b18-12+. The first-order chi connectivity index (χ1) is 16.3. The molecular formula is C25H19ClF3NO4. The van der Waals surface area contributed by atoms with Crippen LogP contribution >= 0.6 is 11.6 Å². The fraction of sp³-hybridized carbons (Fsp3) is 0.160. The lowest BCUT2D eigenvalue weighted by atomic mass is 10.0. The Balaban J connectivity index is 1.48. The Morgan fingerprint density at radius 3 is 2.38 bits per heavy atom. The van der Waals surface area contributed by atoms with Crippen LogP contribution in [-0.4, -0.2) is 26.2 Å². The average Bonchev–Trinajstić information content (AvgIpc) is 3.12. The van der Waals surface area contributed by atoms with Gasteiger partial charge in [-0.1, -0.05) is 35.9 Å². The van der Waals surface area contributed by atoms with Crippen molar-refractivity contribution in [1.82, 2.24) is 0 Å². The Kier molecular flexibility index (Phi) is 6.70. The van der Waals surface area contributed by atoms with Gasteiger partial charge in [-0.2, -0.15) is 13.2 Å². The molecule has 1 heterocycles. The summed E-state index contributed by atoms with van der Waals surface area (Å²) in [6, 6.07) is 15.3. The summed E-state index contributed by atoms with van der Waals surface area (Å²) in [5.41, 5.74) is 0.571. The molecule has 1 N–H and O–H groups in total. The number of carbonyl (C=O) groups is 1. The summed E-state index contributed by atoms with van der Waals surface area (Å²) in [5.74, 6) is 0.973. The molecule has 9 heteroatoms. The molecule has 176 valence electrons. The predicted octanol–water partition coefficient (Wildman–Crippen LogP) is 6.32. The van der Waals surface area contributed by atoms with Crippen LogP contribution in [-0.2, 0) is 11.0 Å². The van der Waals surface area contributed by atoms with Crippen LogP contribution in [0.4, 0.5) is 18.9 Å². The topological polar surface area (TPSA) is 56.8 Å². The van der Waals surface area contributed by atoms with Crippen molar-refractivity contribution in [3.05, 3.63) is 82.4 Å². The molecule has 0 spiro atoms. The number of fused-ring (bicyclic) bond motifs is 1. The molecule has 0 atom stereocenters. The van der Waals surface area contributed by atoms with Gasteiger partial charge in [0.15, 0.2) is 11.5 Å². The van der Waals surface area contributed by atoms with Crippen molar-refractivity contribution in [3.8, 4) is 17.2 Å². The molecule has 0 radical (unpaired) electrons. The normalized spacial score (nSPS) is 14.0. The van der Waals surface area contributed by atoms with Gasteiger partial charge in [-0.25, -0.2) is 0 Å². The maximum Gasteiger partial charge on any atom is 0.416 e. The summed E-state index contributed by atoms with van der Waals surface area (Å²) in [5, 5.41) is 2.99. The van der Waals surface area contributed by atoms with Gasteiger partial charge in [0.25, 0.3) is 5.91 Å². The second-order valence-corrected chi connectivity index (χ2v) is 7.72. The highest BCUT2D eigenvalue weighted by atomic mass is 35.5. The summed E-state index contributed by atoms with van der Waals surface area (Å²) < 4.78 is 55.6. The van der Waals surface area contributed by atoms with Crippen molar-refractivity contribution in [2.24, 2.45) is 0 Å². The fourth-order valence-corrected chi connectivity index (χ4v) is 3.63. The van der Waals surface area contributed by atoms with E-state index in [9.17, 15) is 18.0 Å². The van der Waals surface area contributed by atoms with E-state index in [1.54, 1.807) is 42.5 Å². The van der Waals surface area contributed by atoms with E-state index in [4.69, 9.17) is 25.8 Å². The second-order valence-electron chi connectivity index (χ2n) is 7.31. The SMILES string of the molecule is COc1cc(/C=C2/C(=O)Nc3cc(C(F)(F)F)ccc32)ccc1OCCOc1ccccc1Cl. The minimum Gasteiger partial charge on any atom is -0.493 e. The van der Waals surface area contributed by atoms with Crippen LogP contribution in [0.5, 0.6) is 17.2 Å². The molecule has 0 unspecified atom stereocenters. The number of nitrogens with one attached hydrogen (secondary N) is 1. The molecule has 1 amide bonds. The summed E-state index contributed by atoms with van der Waals surface area (Å²) in [7, 11) is 1.48. The van der Waals surface area contributed by atoms with Gasteiger partial charge in [0.05, 0.1) is 17.7 Å². The quantitative estimate of drug-likeness (QED) is 0.312. The molecule has 4 rings (SSSR count). The largest absolute Gasteiger partial charge is 0.493 e. The molecule has 0 saturated heterocycles. The van der Waals surface area contributed by atoms with Crippen LogP contribution in [0.1, 0.15) is 16.7 Å². The summed E-state index contributed by atoms with van der Waals surface area (Å²) in [6.07, 6.45) is -2.91. The van der Waals surface area contributed by atoms with Gasteiger partial charge >= 0.3 is 6.18 Å². The molecule has 0 aliphatic carbocycles. The van der Waals surface area contributed by atoms with E-state index in [-0.39, 0.29) is 24.5 Å². The molecule has 0 saturated carbocycles. The Hall–Kier alpha value is -3.65. The van der Waals surface area contributed by atoms with E-state index in [2.05, 4.69) is 5.32 Å². The third kappa shape index (κ3) is 5.12. The highest BCUT2D eigenvalue weighted by molar-refractivity contribution is 6.35. The number of halogens is 4. The Bertz CT molecular complexity index is 1260. The first-order valence-corrected chi connectivity index (χ1v) is 10.6. The van der Waals surface area contributed by atoms with Crippen molar-refractivity contribution >= 4 is 34.8 Å². The van der Waals surface area contributed by atoms with Gasteiger partial charge in [0.1, 0.15) is 19.0 Å². The van der Waals surface area contributed by atoms with Crippen LogP contribution in [0.2, 0.25) is 5.02 Å². The molecule has 5 nitrogen and oxygen atoms in total. The lowest BCUT2D eigenvalue weighted by molar-refractivity contribution is -0.137. The van der Waals surface area contributed by atoms with Crippen LogP contribution in [0.15, 0.2) is 60.7 Å². The van der Waals surface area contributed by atoms with Crippen molar-refractivity contribution < 1.29 is 32.2 Å². The van der Waals surface area contributed by atoms with E-state index in [1.165, 1.54) is 13.2 Å². The Morgan fingerprint density at radius 2 is 1.68 bits per heavy atom. The van der Waals surface area contributed by atoms with Crippen LogP contribution in [0.3, 0.4) is 0 Å². The van der Waals surface area contributed by atoms with Crippen molar-refractivity contribution in [3.63, 3.8) is 0 Å². The van der Waals surface area contributed by atoms with E-state index in [0.717, 1.165) is 12.1 Å². The Morgan fingerprint density at radius 1 is 0.941 bits per heavy atom. The van der Waals surface area contributed by atoms with Crippen LogP contribution < -0.4 is 19.5 Å². The first-order valence-electron chi connectivity index (χ1n) is 10.2. The highest BCUT2D eigenvalue weighted by Crippen LogP contribution is 2.39. The fourth-order valence-electron chi connectivity index (χ4n) is 3.44. The number of benzene rings is 3. The van der Waals surface area contributed by atoms with Gasteiger partial charge in [-0.05, 0) is 48.0 Å². The zero-order chi connectivity index (χ0) is 24.3. The third-order valence-corrected chi connectivity index (χ3v) is 5.38. The smallest absolute Gasteiger partial charge is 0.416 e. The van der Waals surface area contributed by atoms with E-state index < -0.39 is 17.6 Å². The number of hydrogen-bond acceptors (Lipinski definition) is 4. The summed E-state index contributed by atoms with van der Waals surface area (Å²) in [4.78, 5) is 12.4. The van der Waals surface area contributed by atoms with Crippen molar-refractivity contribution in [2.75, 3.05) is 25.6 Å². The second kappa shape index (κ2) is 9.69. The monoisotopic (exact) mass is 489 g/mol. The van der Waals surface area contributed by atoms with E-state index >= 15 is 0 Å². The number of para-hydroxylation sites is 1. The number of ether oxygens (including phenoxy) is 3. The average molecular weight is 490 g/mol. The van der Waals surface area contributed by atoms with Crippen molar-refractivity contribution in [2.45, 2.75) is 6.18 Å². The van der Waals surface area contributed by atoms with Gasteiger partial charge in [-0.15, -0.1) is 0 Å².